The van der Waals surface area contributed by atoms with E-state index in [1.165, 1.54) is 29.3 Å². The van der Waals surface area contributed by atoms with Gasteiger partial charge in [-0.3, -0.25) is 4.79 Å². The first kappa shape index (κ1) is 23.4. The molecular formula is C27H22N2O6. The number of anilines is 1. The molecular weight excluding hydrogens is 448 g/mol. The predicted molar refractivity (Wildman–Crippen MR) is 131 cm³/mol. The van der Waals surface area contributed by atoms with Crippen molar-refractivity contribution in [3.05, 3.63) is 95.1 Å². The molecule has 0 atom stereocenters. The molecule has 4 rings (SSSR count). The van der Waals surface area contributed by atoms with Gasteiger partial charge in [0.05, 0.1) is 34.7 Å². The highest BCUT2D eigenvalue weighted by atomic mass is 16.6. The lowest BCUT2D eigenvalue weighted by molar-refractivity contribution is -0.114. The van der Waals surface area contributed by atoms with Crippen LogP contribution in [0.15, 0.2) is 83.5 Å². The zero-order valence-corrected chi connectivity index (χ0v) is 19.1. The summed E-state index contributed by atoms with van der Waals surface area (Å²) in [5, 5.41) is 14.6. The third-order valence-corrected chi connectivity index (χ3v) is 5.21. The van der Waals surface area contributed by atoms with E-state index in [-0.39, 0.29) is 17.2 Å². The normalized spacial score (nSPS) is 14.1. The second-order valence-corrected chi connectivity index (χ2v) is 7.61. The Hall–Kier alpha value is -4.72. The summed E-state index contributed by atoms with van der Waals surface area (Å²) in [6.07, 6.45) is 1.68. The lowest BCUT2D eigenvalue weighted by Gasteiger charge is -2.12. The van der Waals surface area contributed by atoms with Gasteiger partial charge < -0.3 is 14.6 Å². The maximum atomic E-state index is 13.0. The second-order valence-electron chi connectivity index (χ2n) is 7.61. The Balaban J connectivity index is 1.58. The first-order valence-electron chi connectivity index (χ1n) is 10.9. The summed E-state index contributed by atoms with van der Waals surface area (Å²) in [5.74, 6) is -1.26. The smallest absolute Gasteiger partial charge is 0.343 e. The highest BCUT2D eigenvalue weighted by Crippen LogP contribution is 2.31. The van der Waals surface area contributed by atoms with E-state index in [1.807, 2.05) is 13.0 Å². The maximum Gasteiger partial charge on any atom is 0.343 e. The first-order chi connectivity index (χ1) is 16.9. The molecule has 1 amide bonds. The molecule has 0 unspecified atom stereocenters. The van der Waals surface area contributed by atoms with Gasteiger partial charge in [-0.2, -0.15) is 10.1 Å². The van der Waals surface area contributed by atoms with Crippen LogP contribution in [0.3, 0.4) is 0 Å². The number of hydrogen-bond donors (Lipinski definition) is 1. The second kappa shape index (κ2) is 10.0. The lowest BCUT2D eigenvalue weighted by atomic mass is 10.1. The average Bonchev–Trinajstić information content (AvgIpc) is 3.14. The third kappa shape index (κ3) is 5.11. The minimum absolute atomic E-state index is 0.119. The molecule has 0 fully saturated rings. The molecule has 0 aromatic heterocycles. The molecule has 0 aliphatic carbocycles. The van der Waals surface area contributed by atoms with Crippen LogP contribution in [0.1, 0.15) is 40.1 Å². The minimum Gasteiger partial charge on any atom is -0.490 e. The average molecular weight is 470 g/mol. The number of nitrogens with zero attached hydrogens (tertiary/aromatic N) is 2. The molecule has 1 aliphatic heterocycles. The van der Waals surface area contributed by atoms with Gasteiger partial charge in [0.15, 0.2) is 11.5 Å². The van der Waals surface area contributed by atoms with Crippen LogP contribution in [0.4, 0.5) is 5.69 Å². The van der Waals surface area contributed by atoms with Gasteiger partial charge >= 0.3 is 11.9 Å². The van der Waals surface area contributed by atoms with Crippen molar-refractivity contribution >= 4 is 35.3 Å². The van der Waals surface area contributed by atoms with Gasteiger partial charge in [0, 0.05) is 0 Å². The van der Waals surface area contributed by atoms with Crippen molar-refractivity contribution in [3.8, 4) is 11.5 Å². The summed E-state index contributed by atoms with van der Waals surface area (Å²) in [4.78, 5) is 36.6. The van der Waals surface area contributed by atoms with Crippen LogP contribution in [0.2, 0.25) is 0 Å². The molecule has 3 aromatic carbocycles. The van der Waals surface area contributed by atoms with Gasteiger partial charge in [-0.25, -0.2) is 9.59 Å². The number of carboxylic acid groups (broad SMARTS) is 1. The highest BCUT2D eigenvalue weighted by Gasteiger charge is 2.29. The largest absolute Gasteiger partial charge is 0.490 e. The van der Waals surface area contributed by atoms with Gasteiger partial charge in [-0.15, -0.1) is 0 Å². The molecule has 0 saturated heterocycles. The van der Waals surface area contributed by atoms with E-state index in [1.54, 1.807) is 55.5 Å². The van der Waals surface area contributed by atoms with Crippen LogP contribution in [0.5, 0.6) is 11.5 Å². The Morgan fingerprint density at radius 1 is 0.971 bits per heavy atom. The Morgan fingerprint density at radius 3 is 2.34 bits per heavy atom. The van der Waals surface area contributed by atoms with Crippen LogP contribution < -0.4 is 14.5 Å². The Morgan fingerprint density at radius 2 is 1.69 bits per heavy atom. The standard InChI is InChI=1S/C27H22N2O6/c1-3-34-24-16-18(9-14-23(24)35-27(33)20-7-5-4-6-8-20)15-22-17(2)28-29(25(22)30)21-12-10-19(11-13-21)26(31)32/h4-16H,3H2,1-2H3,(H,31,32)/b22-15-. The van der Waals surface area contributed by atoms with E-state index >= 15 is 0 Å². The molecule has 1 aliphatic rings. The zero-order valence-electron chi connectivity index (χ0n) is 19.1. The lowest BCUT2D eigenvalue weighted by Crippen LogP contribution is -2.21. The number of benzene rings is 3. The highest BCUT2D eigenvalue weighted by molar-refractivity contribution is 6.32. The molecule has 0 saturated carbocycles. The number of carbonyl (C=O) groups excluding carboxylic acids is 2. The predicted octanol–water partition coefficient (Wildman–Crippen LogP) is 4.81. The van der Waals surface area contributed by atoms with E-state index < -0.39 is 11.9 Å². The molecule has 176 valence electrons. The fraction of sp³-hybridized carbons (Fsp3) is 0.111. The number of rotatable bonds is 7. The van der Waals surface area contributed by atoms with Gasteiger partial charge in [-0.1, -0.05) is 24.3 Å². The van der Waals surface area contributed by atoms with Crippen LogP contribution in [-0.4, -0.2) is 35.3 Å². The van der Waals surface area contributed by atoms with Crippen molar-refractivity contribution in [2.45, 2.75) is 13.8 Å². The van der Waals surface area contributed by atoms with Crippen LogP contribution >= 0.6 is 0 Å². The van der Waals surface area contributed by atoms with Crippen molar-refractivity contribution in [2.24, 2.45) is 5.10 Å². The van der Waals surface area contributed by atoms with Crippen LogP contribution in [0.25, 0.3) is 6.08 Å². The van der Waals surface area contributed by atoms with Crippen LogP contribution in [0, 0.1) is 0 Å². The molecule has 0 spiro atoms. The van der Waals surface area contributed by atoms with Crippen molar-refractivity contribution in [1.82, 2.24) is 0 Å². The number of hydrazone groups is 1. The molecule has 8 nitrogen and oxygen atoms in total. The van der Waals surface area contributed by atoms with Crippen molar-refractivity contribution in [3.63, 3.8) is 0 Å². The first-order valence-corrected chi connectivity index (χ1v) is 10.9. The fourth-order valence-electron chi connectivity index (χ4n) is 3.47. The summed E-state index contributed by atoms with van der Waals surface area (Å²) in [6, 6.07) is 19.6. The number of carboxylic acids is 1. The Labute approximate surface area is 201 Å². The number of aromatic carboxylic acids is 1. The fourth-order valence-corrected chi connectivity index (χ4v) is 3.47. The van der Waals surface area contributed by atoms with Gasteiger partial charge in [0.2, 0.25) is 0 Å². The monoisotopic (exact) mass is 470 g/mol. The molecule has 3 aromatic rings. The molecule has 35 heavy (non-hydrogen) atoms. The number of ether oxygens (including phenoxy) is 2. The van der Waals surface area contributed by atoms with Crippen molar-refractivity contribution < 1.29 is 29.0 Å². The maximum absolute atomic E-state index is 13.0. The Kier molecular flexibility index (Phi) is 6.73. The molecule has 8 heteroatoms. The molecule has 0 bridgehead atoms. The molecule has 1 N–H and O–H groups in total. The summed E-state index contributed by atoms with van der Waals surface area (Å²) in [6.45, 7) is 3.89. The van der Waals surface area contributed by atoms with Gasteiger partial charge in [0.1, 0.15) is 0 Å². The molecule has 0 radical (unpaired) electrons. The SMILES string of the molecule is CCOc1cc(/C=C2\C(=O)N(c3ccc(C(=O)O)cc3)N=C2C)ccc1OC(=O)c1ccccc1. The van der Waals surface area contributed by atoms with E-state index in [4.69, 9.17) is 14.6 Å². The van der Waals surface area contributed by atoms with E-state index in [2.05, 4.69) is 5.10 Å². The van der Waals surface area contributed by atoms with Gasteiger partial charge in [-0.05, 0) is 74.0 Å². The van der Waals surface area contributed by atoms with E-state index in [0.29, 0.717) is 40.5 Å². The summed E-state index contributed by atoms with van der Waals surface area (Å²) in [7, 11) is 0. The molecule has 1 heterocycles. The number of hydrogen-bond acceptors (Lipinski definition) is 6. The summed E-state index contributed by atoms with van der Waals surface area (Å²) >= 11 is 0. The van der Waals surface area contributed by atoms with E-state index in [0.717, 1.165) is 0 Å². The Bertz CT molecular complexity index is 1340. The summed E-state index contributed by atoms with van der Waals surface area (Å²) in [5.41, 5.74) is 2.54. The topological polar surface area (TPSA) is 106 Å². The van der Waals surface area contributed by atoms with E-state index in [9.17, 15) is 14.4 Å². The quantitative estimate of drug-likeness (QED) is 0.302. The number of esters is 1. The van der Waals surface area contributed by atoms with Gasteiger partial charge in [0.25, 0.3) is 5.91 Å². The summed E-state index contributed by atoms with van der Waals surface area (Å²) < 4.78 is 11.2. The van der Waals surface area contributed by atoms with Crippen LogP contribution in [-0.2, 0) is 4.79 Å². The van der Waals surface area contributed by atoms with Crippen molar-refractivity contribution in [2.75, 3.05) is 11.6 Å². The number of carbonyl (C=O) groups is 3. The number of amides is 1. The third-order valence-electron chi connectivity index (χ3n) is 5.21. The minimum atomic E-state index is -1.05. The van der Waals surface area contributed by atoms with Crippen molar-refractivity contribution in [1.29, 1.82) is 0 Å². The zero-order chi connectivity index (χ0) is 24.9.